The third-order valence-electron chi connectivity index (χ3n) is 3.25. The number of thioether (sulfide) groups is 2. The van der Waals surface area contributed by atoms with Gasteiger partial charge in [0.15, 0.2) is 11.5 Å². The fraction of sp³-hybridized carbons (Fsp3) is 0.600. The molecule has 0 saturated carbocycles. The van der Waals surface area contributed by atoms with Gasteiger partial charge in [-0.3, -0.25) is 0 Å². The van der Waals surface area contributed by atoms with Crippen LogP contribution in [0.1, 0.15) is 41.9 Å². The topological polar surface area (TPSA) is 18.5 Å². The average Bonchev–Trinajstić information content (AvgIpc) is 2.46. The smallest absolute Gasteiger partial charge is 0.164 e. The lowest BCUT2D eigenvalue weighted by Crippen LogP contribution is -2.04. The van der Waals surface area contributed by atoms with Crippen LogP contribution in [0, 0.1) is 0 Å². The van der Waals surface area contributed by atoms with Gasteiger partial charge in [0.25, 0.3) is 0 Å². The third-order valence-corrected chi connectivity index (χ3v) is 6.27. The quantitative estimate of drug-likeness (QED) is 0.802. The van der Waals surface area contributed by atoms with E-state index in [1.165, 1.54) is 29.1 Å². The second kappa shape index (κ2) is 6.80. The molecule has 1 aliphatic heterocycles. The van der Waals surface area contributed by atoms with Crippen molar-refractivity contribution >= 4 is 23.5 Å². The van der Waals surface area contributed by atoms with E-state index in [9.17, 15) is 0 Å². The van der Waals surface area contributed by atoms with Crippen molar-refractivity contribution in [2.75, 3.05) is 25.7 Å². The molecule has 1 fully saturated rings. The number of rotatable bonds is 4. The Morgan fingerprint density at radius 1 is 1.11 bits per heavy atom. The maximum absolute atomic E-state index is 5.53. The van der Waals surface area contributed by atoms with Gasteiger partial charge in [-0.25, -0.2) is 0 Å². The van der Waals surface area contributed by atoms with Crippen molar-refractivity contribution in [3.63, 3.8) is 0 Å². The van der Waals surface area contributed by atoms with Gasteiger partial charge in [0.1, 0.15) is 0 Å². The molecule has 0 radical (unpaired) electrons. The molecule has 1 aromatic carbocycles. The third kappa shape index (κ3) is 3.34. The van der Waals surface area contributed by atoms with Gasteiger partial charge in [-0.1, -0.05) is 13.8 Å². The molecule has 0 bridgehead atoms. The summed E-state index contributed by atoms with van der Waals surface area (Å²) in [5.41, 5.74) is 2.60. The Morgan fingerprint density at radius 2 is 1.79 bits per heavy atom. The molecule has 1 heterocycles. The van der Waals surface area contributed by atoms with Crippen LogP contribution in [0.2, 0.25) is 0 Å². The van der Waals surface area contributed by atoms with Crippen molar-refractivity contribution in [3.8, 4) is 11.5 Å². The molecule has 4 heteroatoms. The molecular weight excluding hydrogens is 276 g/mol. The number of hydrogen-bond donors (Lipinski definition) is 0. The minimum absolute atomic E-state index is 0.433. The maximum Gasteiger partial charge on any atom is 0.164 e. The van der Waals surface area contributed by atoms with Crippen molar-refractivity contribution < 1.29 is 9.47 Å². The summed E-state index contributed by atoms with van der Waals surface area (Å²) in [4.78, 5) is 0. The highest BCUT2D eigenvalue weighted by Gasteiger charge is 2.21. The summed E-state index contributed by atoms with van der Waals surface area (Å²) >= 11 is 4.07. The van der Waals surface area contributed by atoms with Gasteiger partial charge in [-0.05, 0) is 41.5 Å². The predicted octanol–water partition coefficient (Wildman–Crippen LogP) is 4.70. The fourth-order valence-electron chi connectivity index (χ4n) is 2.26. The number of methoxy groups -OCH3 is 2. The number of hydrogen-bond acceptors (Lipinski definition) is 4. The summed E-state index contributed by atoms with van der Waals surface area (Å²) in [6.07, 6.45) is 1.32. The van der Waals surface area contributed by atoms with Crippen LogP contribution in [-0.2, 0) is 0 Å². The zero-order chi connectivity index (χ0) is 13.8. The Hall–Kier alpha value is -0.480. The monoisotopic (exact) mass is 298 g/mol. The van der Waals surface area contributed by atoms with Crippen molar-refractivity contribution in [2.24, 2.45) is 0 Å². The molecule has 106 valence electrons. The van der Waals surface area contributed by atoms with E-state index >= 15 is 0 Å². The van der Waals surface area contributed by atoms with E-state index in [1.807, 2.05) is 23.5 Å². The van der Waals surface area contributed by atoms with E-state index < -0.39 is 0 Å². The summed E-state index contributed by atoms with van der Waals surface area (Å²) in [7, 11) is 3.43. The van der Waals surface area contributed by atoms with Crippen LogP contribution in [0.4, 0.5) is 0 Å². The molecule has 0 aliphatic carbocycles. The molecule has 0 aromatic heterocycles. The molecule has 19 heavy (non-hydrogen) atoms. The van der Waals surface area contributed by atoms with E-state index in [4.69, 9.17) is 9.47 Å². The highest BCUT2D eigenvalue weighted by molar-refractivity contribution is 8.16. The second-order valence-electron chi connectivity index (χ2n) is 4.93. The van der Waals surface area contributed by atoms with Gasteiger partial charge in [0.05, 0.1) is 18.8 Å². The predicted molar refractivity (Wildman–Crippen MR) is 85.9 cm³/mol. The van der Waals surface area contributed by atoms with E-state index in [2.05, 4.69) is 26.0 Å². The summed E-state index contributed by atoms with van der Waals surface area (Å²) < 4.78 is 11.6. The van der Waals surface area contributed by atoms with Crippen molar-refractivity contribution in [1.29, 1.82) is 0 Å². The van der Waals surface area contributed by atoms with Crippen LogP contribution in [-0.4, -0.2) is 25.7 Å². The summed E-state index contributed by atoms with van der Waals surface area (Å²) in [5, 5.41) is 0. The van der Waals surface area contributed by atoms with E-state index in [1.54, 1.807) is 14.2 Å². The number of benzene rings is 1. The lowest BCUT2D eigenvalue weighted by Gasteiger charge is -2.24. The first-order valence-corrected chi connectivity index (χ1v) is 8.76. The van der Waals surface area contributed by atoms with Crippen LogP contribution < -0.4 is 9.47 Å². The van der Waals surface area contributed by atoms with E-state index in [0.717, 1.165) is 11.5 Å². The Morgan fingerprint density at radius 3 is 2.32 bits per heavy atom. The lowest BCUT2D eigenvalue weighted by atomic mass is 9.99. The van der Waals surface area contributed by atoms with Gasteiger partial charge in [-0.2, -0.15) is 0 Å². The SMILES string of the molecule is COc1cc(C2SCCCS2)cc(C(C)C)c1OC. The van der Waals surface area contributed by atoms with Crippen molar-refractivity contribution in [2.45, 2.75) is 30.8 Å². The summed E-state index contributed by atoms with van der Waals surface area (Å²) in [6, 6.07) is 4.43. The first kappa shape index (κ1) is 14.9. The van der Waals surface area contributed by atoms with Crippen LogP contribution in [0.5, 0.6) is 11.5 Å². The molecule has 2 rings (SSSR count). The Labute approximate surface area is 124 Å². The van der Waals surface area contributed by atoms with Gasteiger partial charge in [0.2, 0.25) is 0 Å². The standard InChI is InChI=1S/C15H22O2S2/c1-10(2)12-8-11(15-18-6-5-7-19-15)9-13(16-3)14(12)17-4/h8-10,15H,5-7H2,1-4H3. The minimum Gasteiger partial charge on any atom is -0.493 e. The van der Waals surface area contributed by atoms with Gasteiger partial charge >= 0.3 is 0 Å². The normalized spacial score (nSPS) is 16.7. The molecule has 1 aromatic rings. The minimum atomic E-state index is 0.433. The largest absolute Gasteiger partial charge is 0.493 e. The van der Waals surface area contributed by atoms with Crippen molar-refractivity contribution in [1.82, 2.24) is 0 Å². The van der Waals surface area contributed by atoms with Crippen LogP contribution >= 0.6 is 23.5 Å². The van der Waals surface area contributed by atoms with Gasteiger partial charge in [0, 0.05) is 5.56 Å². The van der Waals surface area contributed by atoms with Gasteiger partial charge in [-0.15, -0.1) is 23.5 Å². The average molecular weight is 298 g/mol. The fourth-order valence-corrected chi connectivity index (χ4v) is 5.11. The molecule has 0 amide bonds. The Balaban J connectivity index is 2.41. The summed E-state index contributed by atoms with van der Waals surface area (Å²) in [6.45, 7) is 4.39. The molecule has 1 aliphatic rings. The van der Waals surface area contributed by atoms with Crippen LogP contribution in [0.25, 0.3) is 0 Å². The molecular formula is C15H22O2S2. The first-order valence-electron chi connectivity index (χ1n) is 6.66. The zero-order valence-corrected chi connectivity index (χ0v) is 13.7. The number of ether oxygens (including phenoxy) is 2. The lowest BCUT2D eigenvalue weighted by molar-refractivity contribution is 0.350. The molecule has 0 N–H and O–H groups in total. The second-order valence-corrected chi connectivity index (χ2v) is 7.65. The maximum atomic E-state index is 5.53. The molecule has 2 nitrogen and oxygen atoms in total. The Bertz CT molecular complexity index is 426. The summed E-state index contributed by atoms with van der Waals surface area (Å²) in [5.74, 6) is 4.68. The first-order chi connectivity index (χ1) is 9.17. The van der Waals surface area contributed by atoms with Gasteiger partial charge < -0.3 is 9.47 Å². The van der Waals surface area contributed by atoms with Crippen molar-refractivity contribution in [3.05, 3.63) is 23.3 Å². The Kier molecular flexibility index (Phi) is 5.34. The molecule has 0 spiro atoms. The van der Waals surface area contributed by atoms with E-state index in [0.29, 0.717) is 10.5 Å². The zero-order valence-electron chi connectivity index (χ0n) is 12.1. The molecule has 0 atom stereocenters. The highest BCUT2D eigenvalue weighted by Crippen LogP contribution is 2.47. The van der Waals surface area contributed by atoms with Crippen LogP contribution in [0.15, 0.2) is 12.1 Å². The highest BCUT2D eigenvalue weighted by atomic mass is 32.2. The molecule has 0 unspecified atom stereocenters. The molecule has 1 saturated heterocycles. The van der Waals surface area contributed by atoms with Crippen LogP contribution in [0.3, 0.4) is 0 Å². The van der Waals surface area contributed by atoms with E-state index in [-0.39, 0.29) is 0 Å².